The third kappa shape index (κ3) is 3.81. The Kier molecular flexibility index (Phi) is 4.84. The van der Waals surface area contributed by atoms with Crippen molar-refractivity contribution in [3.63, 3.8) is 0 Å². The first-order valence-corrected chi connectivity index (χ1v) is 8.21. The van der Waals surface area contributed by atoms with E-state index in [9.17, 15) is 0 Å². The molecule has 20 heavy (non-hydrogen) atoms. The van der Waals surface area contributed by atoms with Crippen molar-refractivity contribution in [2.75, 3.05) is 0 Å². The second kappa shape index (κ2) is 6.25. The van der Waals surface area contributed by atoms with E-state index in [4.69, 9.17) is 5.84 Å². The van der Waals surface area contributed by atoms with Crippen molar-refractivity contribution in [2.45, 2.75) is 46.6 Å². The van der Waals surface area contributed by atoms with Crippen molar-refractivity contribution in [1.29, 1.82) is 0 Å². The number of rotatable bonds is 5. The molecule has 2 unspecified atom stereocenters. The van der Waals surface area contributed by atoms with Gasteiger partial charge < -0.3 is 0 Å². The largest absolute Gasteiger partial charge is 0.271 e. The maximum absolute atomic E-state index is 5.83. The highest BCUT2D eigenvalue weighted by Gasteiger charge is 2.21. The molecule has 3 heteroatoms. The van der Waals surface area contributed by atoms with Crippen LogP contribution in [0.1, 0.15) is 52.1 Å². The Balaban J connectivity index is 2.18. The number of hydrogen-bond donors (Lipinski definition) is 2. The summed E-state index contributed by atoms with van der Waals surface area (Å²) in [6.45, 7) is 9.22. The molecule has 0 saturated carbocycles. The summed E-state index contributed by atoms with van der Waals surface area (Å²) in [6, 6.07) is 8.91. The van der Waals surface area contributed by atoms with Gasteiger partial charge in [-0.2, -0.15) is 0 Å². The third-order valence-corrected chi connectivity index (χ3v) is 4.66. The fourth-order valence-electron chi connectivity index (χ4n) is 3.11. The van der Waals surface area contributed by atoms with Crippen LogP contribution in [-0.2, 0) is 0 Å². The lowest BCUT2D eigenvalue weighted by Crippen LogP contribution is -2.30. The third-order valence-electron chi connectivity index (χ3n) is 3.68. The van der Waals surface area contributed by atoms with Gasteiger partial charge in [-0.1, -0.05) is 45.9 Å². The summed E-state index contributed by atoms with van der Waals surface area (Å²) in [4.78, 5) is 0. The predicted molar refractivity (Wildman–Crippen MR) is 89.7 cm³/mol. The molecule has 0 fully saturated rings. The van der Waals surface area contributed by atoms with Crippen LogP contribution < -0.4 is 11.3 Å². The van der Waals surface area contributed by atoms with Gasteiger partial charge in [0.1, 0.15) is 0 Å². The molecule has 1 aromatic heterocycles. The monoisotopic (exact) mass is 290 g/mol. The van der Waals surface area contributed by atoms with Crippen molar-refractivity contribution < 1.29 is 0 Å². The molecule has 0 spiro atoms. The van der Waals surface area contributed by atoms with Crippen molar-refractivity contribution in [3.8, 4) is 0 Å². The summed E-state index contributed by atoms with van der Waals surface area (Å²) in [5.41, 5.74) is 4.73. The van der Waals surface area contributed by atoms with Gasteiger partial charge in [-0.15, -0.1) is 11.3 Å². The van der Waals surface area contributed by atoms with Gasteiger partial charge in [-0.25, -0.2) is 0 Å². The van der Waals surface area contributed by atoms with Gasteiger partial charge in [0.25, 0.3) is 0 Å². The van der Waals surface area contributed by atoms with Gasteiger partial charge in [0.15, 0.2) is 0 Å². The molecule has 0 saturated heterocycles. The molecule has 110 valence electrons. The van der Waals surface area contributed by atoms with E-state index >= 15 is 0 Å². The maximum Gasteiger partial charge on any atom is 0.0476 e. The first-order chi connectivity index (χ1) is 9.40. The van der Waals surface area contributed by atoms with Crippen LogP contribution in [0.15, 0.2) is 29.6 Å². The number of hydrazine groups is 1. The van der Waals surface area contributed by atoms with Crippen molar-refractivity contribution >= 4 is 21.4 Å². The zero-order valence-corrected chi connectivity index (χ0v) is 13.8. The van der Waals surface area contributed by atoms with Crippen molar-refractivity contribution in [2.24, 2.45) is 17.2 Å². The van der Waals surface area contributed by atoms with E-state index in [0.29, 0.717) is 11.3 Å². The summed E-state index contributed by atoms with van der Waals surface area (Å²) in [5, 5.41) is 3.47. The minimum Gasteiger partial charge on any atom is -0.271 e. The van der Waals surface area contributed by atoms with Crippen LogP contribution in [0.3, 0.4) is 0 Å². The highest BCUT2D eigenvalue weighted by atomic mass is 32.1. The smallest absolute Gasteiger partial charge is 0.0476 e. The molecule has 1 aromatic carbocycles. The highest BCUT2D eigenvalue weighted by molar-refractivity contribution is 7.17. The molecular formula is C17H26N2S. The first-order valence-electron chi connectivity index (χ1n) is 7.33. The average molecular weight is 290 g/mol. The van der Waals surface area contributed by atoms with Crippen LogP contribution >= 0.6 is 11.3 Å². The molecule has 3 N–H and O–H groups in total. The number of hydrogen-bond acceptors (Lipinski definition) is 3. The fourth-order valence-corrected chi connectivity index (χ4v) is 4.08. The Bertz CT molecular complexity index is 553. The van der Waals surface area contributed by atoms with Crippen LogP contribution in [0.4, 0.5) is 0 Å². The zero-order chi connectivity index (χ0) is 14.8. The van der Waals surface area contributed by atoms with Crippen LogP contribution in [0.5, 0.6) is 0 Å². The van der Waals surface area contributed by atoms with E-state index < -0.39 is 0 Å². The molecule has 0 radical (unpaired) electrons. The van der Waals surface area contributed by atoms with Gasteiger partial charge in [-0.3, -0.25) is 11.3 Å². The Morgan fingerprint density at radius 3 is 2.65 bits per heavy atom. The Morgan fingerprint density at radius 2 is 2.00 bits per heavy atom. The molecule has 1 heterocycles. The lowest BCUT2D eigenvalue weighted by Gasteiger charge is -2.27. The quantitative estimate of drug-likeness (QED) is 0.609. The summed E-state index contributed by atoms with van der Waals surface area (Å²) in [6.07, 6.45) is 2.29. The van der Waals surface area contributed by atoms with Gasteiger partial charge in [0.05, 0.1) is 0 Å². The van der Waals surface area contributed by atoms with Crippen molar-refractivity contribution in [3.05, 3.63) is 35.2 Å². The van der Waals surface area contributed by atoms with Gasteiger partial charge in [-0.05, 0) is 46.6 Å². The molecule has 0 aliphatic rings. The number of thiophene rings is 1. The molecule has 2 aromatic rings. The fraction of sp³-hybridized carbons (Fsp3) is 0.529. The number of nitrogens with two attached hydrogens (primary N) is 1. The minimum absolute atomic E-state index is 0.231. The molecule has 2 nitrogen and oxygen atoms in total. The Morgan fingerprint density at radius 1 is 1.25 bits per heavy atom. The molecule has 0 aliphatic carbocycles. The van der Waals surface area contributed by atoms with Crippen LogP contribution in [0.2, 0.25) is 0 Å². The number of nitrogens with one attached hydrogen (secondary N) is 1. The number of benzene rings is 1. The van der Waals surface area contributed by atoms with E-state index in [1.165, 1.54) is 22.1 Å². The van der Waals surface area contributed by atoms with Crippen molar-refractivity contribution in [1.82, 2.24) is 5.43 Å². The van der Waals surface area contributed by atoms with E-state index in [-0.39, 0.29) is 6.04 Å². The molecule has 2 atom stereocenters. The van der Waals surface area contributed by atoms with E-state index in [2.05, 4.69) is 62.8 Å². The Hall–Kier alpha value is -0.900. The van der Waals surface area contributed by atoms with Crippen LogP contribution in [0.25, 0.3) is 10.1 Å². The second-order valence-electron chi connectivity index (χ2n) is 7.01. The van der Waals surface area contributed by atoms with Gasteiger partial charge in [0, 0.05) is 10.7 Å². The van der Waals surface area contributed by atoms with Gasteiger partial charge >= 0.3 is 0 Å². The summed E-state index contributed by atoms with van der Waals surface area (Å²) in [7, 11) is 0. The molecule has 0 aliphatic heterocycles. The van der Waals surface area contributed by atoms with Crippen LogP contribution in [0, 0.1) is 11.3 Å². The maximum atomic E-state index is 5.83. The minimum atomic E-state index is 0.231. The molecule has 0 amide bonds. The highest BCUT2D eigenvalue weighted by Crippen LogP contribution is 2.34. The second-order valence-corrected chi connectivity index (χ2v) is 7.93. The lowest BCUT2D eigenvalue weighted by molar-refractivity contribution is 0.277. The van der Waals surface area contributed by atoms with E-state index in [0.717, 1.165) is 6.42 Å². The molecular weight excluding hydrogens is 264 g/mol. The molecule has 2 rings (SSSR count). The summed E-state index contributed by atoms with van der Waals surface area (Å²) >= 11 is 1.80. The number of fused-ring (bicyclic) bond motifs is 1. The average Bonchev–Trinajstić information content (AvgIpc) is 2.81. The summed E-state index contributed by atoms with van der Waals surface area (Å²) in [5.74, 6) is 6.48. The zero-order valence-electron chi connectivity index (χ0n) is 12.9. The van der Waals surface area contributed by atoms with E-state index in [1.54, 1.807) is 11.3 Å². The van der Waals surface area contributed by atoms with Gasteiger partial charge in [0.2, 0.25) is 0 Å². The Labute approximate surface area is 126 Å². The normalized spacial score (nSPS) is 15.4. The summed E-state index contributed by atoms with van der Waals surface area (Å²) < 4.78 is 1.36. The standard InChI is InChI=1S/C17H26N2S/c1-12(11-17(2,3)4)10-15(19-18)14-7-5-6-13-8-9-20-16(13)14/h5-9,12,15,19H,10-11,18H2,1-4H3. The van der Waals surface area contributed by atoms with Crippen LogP contribution in [-0.4, -0.2) is 0 Å². The van der Waals surface area contributed by atoms with E-state index in [1.807, 2.05) is 0 Å². The predicted octanol–water partition coefficient (Wildman–Crippen LogP) is 4.87. The lowest BCUT2D eigenvalue weighted by atomic mass is 9.82. The molecule has 0 bridgehead atoms. The SMILES string of the molecule is CC(CC(NN)c1cccc2ccsc12)CC(C)(C)C. The first kappa shape index (κ1) is 15.5. The topological polar surface area (TPSA) is 38.0 Å².